The fourth-order valence-corrected chi connectivity index (χ4v) is 4.96. The molecule has 0 atom stereocenters. The molecule has 0 aromatic heterocycles. The number of benzene rings is 4. The Labute approximate surface area is 236 Å². The molecule has 0 aliphatic carbocycles. The maximum atomic E-state index is 10.9. The maximum Gasteiger partial charge on any atom is 2.00 e. The second-order valence-corrected chi connectivity index (χ2v) is 10.8. The summed E-state index contributed by atoms with van der Waals surface area (Å²) in [4.78, 5) is -0.336. The van der Waals surface area contributed by atoms with E-state index in [2.05, 4.69) is 13.8 Å². The van der Waals surface area contributed by atoms with Crippen molar-refractivity contribution in [2.75, 3.05) is 0 Å². The first-order valence-corrected chi connectivity index (χ1v) is 13.8. The van der Waals surface area contributed by atoms with E-state index in [4.69, 9.17) is 0 Å². The van der Waals surface area contributed by atoms with E-state index < -0.39 is 20.2 Å². The Morgan fingerprint density at radius 1 is 0.600 bits per heavy atom. The average Bonchev–Trinajstić information content (AvgIpc) is 2.78. The van der Waals surface area contributed by atoms with Crippen molar-refractivity contribution < 1.29 is 25.9 Å². The van der Waals surface area contributed by atoms with Gasteiger partial charge in [-0.05, 0) is 69.8 Å². The van der Waals surface area contributed by atoms with Gasteiger partial charge in [-0.15, -0.1) is 0 Å². The van der Waals surface area contributed by atoms with Crippen LogP contribution < -0.4 is 0 Å². The smallest absolute Gasteiger partial charge is 0.744 e. The second kappa shape index (κ2) is 12.6. The van der Waals surface area contributed by atoms with Crippen molar-refractivity contribution in [3.05, 3.63) is 83.9 Å². The van der Waals surface area contributed by atoms with Crippen molar-refractivity contribution in [3.8, 4) is 0 Å². The van der Waals surface area contributed by atoms with Gasteiger partial charge in [-0.2, -0.15) is 0 Å². The Balaban J connectivity index is 0.000000240. The Hall–Kier alpha value is -1.52. The summed E-state index contributed by atoms with van der Waals surface area (Å²) in [7, 11) is -8.74. The summed E-state index contributed by atoms with van der Waals surface area (Å²) in [6.45, 7) is 4.19. The molecule has 0 N–H and O–H groups in total. The molecule has 0 radical (unpaired) electrons. The summed E-state index contributed by atoms with van der Waals surface area (Å²) in [6, 6.07) is 20.5. The summed E-state index contributed by atoms with van der Waals surface area (Å²) in [5, 5.41) is 3.63. The van der Waals surface area contributed by atoms with Gasteiger partial charge in [-0.3, -0.25) is 0 Å². The van der Waals surface area contributed by atoms with E-state index in [0.717, 1.165) is 47.2 Å². The minimum absolute atomic E-state index is 0. The van der Waals surface area contributed by atoms with E-state index in [1.165, 1.54) is 35.4 Å². The molecule has 4 rings (SSSR count). The summed E-state index contributed by atoms with van der Waals surface area (Å²) < 4.78 is 65.6. The van der Waals surface area contributed by atoms with Crippen molar-refractivity contribution in [2.45, 2.75) is 49.3 Å². The van der Waals surface area contributed by atoms with Gasteiger partial charge in [0.15, 0.2) is 0 Å². The standard InChI is InChI=1S/2C13H14O3S.Ca/c2*1-2-4-10-5-3-6-11-9-12(17(14,15)16)7-8-13(10)11;/h2*3,5-9H,2,4H2,1H3,(H,14,15,16);/q;;+2/p-2. The molecule has 0 unspecified atom stereocenters. The summed E-state index contributed by atoms with van der Waals surface area (Å²) in [5.41, 5.74) is 2.36. The molecule has 180 valence electrons. The van der Waals surface area contributed by atoms with E-state index in [0.29, 0.717) is 0 Å². The number of fused-ring (bicyclic) bond motifs is 2. The van der Waals surface area contributed by atoms with Gasteiger partial charge in [0.05, 0.1) is 9.79 Å². The molecular formula is C26H26CaO6S2. The van der Waals surface area contributed by atoms with Gasteiger partial charge >= 0.3 is 37.7 Å². The summed E-state index contributed by atoms with van der Waals surface area (Å²) >= 11 is 0. The van der Waals surface area contributed by atoms with E-state index >= 15 is 0 Å². The van der Waals surface area contributed by atoms with Gasteiger partial charge < -0.3 is 9.11 Å². The zero-order chi connectivity index (χ0) is 24.9. The molecule has 35 heavy (non-hydrogen) atoms. The van der Waals surface area contributed by atoms with Crippen LogP contribution in [-0.4, -0.2) is 63.7 Å². The maximum absolute atomic E-state index is 10.9. The molecule has 0 aliphatic heterocycles. The quantitative estimate of drug-likeness (QED) is 0.252. The summed E-state index contributed by atoms with van der Waals surface area (Å²) in [5.74, 6) is 0. The minimum Gasteiger partial charge on any atom is -0.744 e. The van der Waals surface area contributed by atoms with Crippen LogP contribution >= 0.6 is 0 Å². The Kier molecular flexibility index (Phi) is 10.7. The van der Waals surface area contributed by atoms with Crippen LogP contribution in [0.25, 0.3) is 21.5 Å². The molecule has 0 saturated heterocycles. The number of aryl methyl sites for hydroxylation is 2. The first kappa shape index (κ1) is 29.7. The molecule has 0 bridgehead atoms. The molecule has 9 heteroatoms. The van der Waals surface area contributed by atoms with Crippen LogP contribution in [0.4, 0.5) is 0 Å². The summed E-state index contributed by atoms with van der Waals surface area (Å²) in [6.07, 6.45) is 3.95. The zero-order valence-electron chi connectivity index (χ0n) is 19.7. The van der Waals surface area contributed by atoms with Crippen LogP contribution in [0.15, 0.2) is 82.6 Å². The van der Waals surface area contributed by atoms with E-state index in [9.17, 15) is 25.9 Å². The van der Waals surface area contributed by atoms with Crippen molar-refractivity contribution >= 4 is 79.5 Å². The van der Waals surface area contributed by atoms with E-state index in [1.807, 2.05) is 36.4 Å². The predicted molar refractivity (Wildman–Crippen MR) is 138 cm³/mol. The van der Waals surface area contributed by atoms with Crippen LogP contribution in [0.3, 0.4) is 0 Å². The molecule has 0 fully saturated rings. The van der Waals surface area contributed by atoms with Crippen LogP contribution in [0.1, 0.15) is 37.8 Å². The molecule has 0 amide bonds. The molecule has 0 saturated carbocycles. The van der Waals surface area contributed by atoms with E-state index in [-0.39, 0.29) is 47.5 Å². The van der Waals surface area contributed by atoms with Crippen LogP contribution in [0.5, 0.6) is 0 Å². The number of hydrogen-bond acceptors (Lipinski definition) is 6. The van der Waals surface area contributed by atoms with Crippen LogP contribution in [0, 0.1) is 0 Å². The predicted octanol–water partition coefficient (Wildman–Crippen LogP) is 5.01. The van der Waals surface area contributed by atoms with Crippen molar-refractivity contribution in [1.29, 1.82) is 0 Å². The molecule has 6 nitrogen and oxygen atoms in total. The van der Waals surface area contributed by atoms with Gasteiger partial charge in [0.2, 0.25) is 0 Å². The molecule has 0 aliphatic rings. The van der Waals surface area contributed by atoms with Gasteiger partial charge in [0, 0.05) is 0 Å². The third kappa shape index (κ3) is 7.73. The second-order valence-electron chi connectivity index (χ2n) is 8.01. The largest absolute Gasteiger partial charge is 2.00 e. The minimum atomic E-state index is -4.37. The first-order chi connectivity index (χ1) is 16.0. The third-order valence-electron chi connectivity index (χ3n) is 5.50. The topological polar surface area (TPSA) is 114 Å². The fraction of sp³-hybridized carbons (Fsp3) is 0.231. The number of rotatable bonds is 6. The molecule has 0 heterocycles. The SMILES string of the molecule is CCCc1cccc2cc(S(=O)(=O)[O-])ccc12.CCCc1cccc2cc(S(=O)(=O)[O-])ccc12.[Ca+2]. The first-order valence-electron chi connectivity index (χ1n) is 11.0. The molecule has 4 aromatic rings. The Morgan fingerprint density at radius 2 is 0.971 bits per heavy atom. The Morgan fingerprint density at radius 3 is 1.29 bits per heavy atom. The van der Waals surface area contributed by atoms with Gasteiger partial charge in [-0.25, -0.2) is 16.8 Å². The zero-order valence-corrected chi connectivity index (χ0v) is 23.6. The monoisotopic (exact) mass is 538 g/mol. The van der Waals surface area contributed by atoms with Gasteiger partial charge in [0.25, 0.3) is 0 Å². The van der Waals surface area contributed by atoms with Crippen molar-refractivity contribution in [1.82, 2.24) is 0 Å². The molecule has 0 spiro atoms. The molecule has 4 aromatic carbocycles. The van der Waals surface area contributed by atoms with Gasteiger partial charge in [0.1, 0.15) is 20.2 Å². The fourth-order valence-electron chi connectivity index (χ4n) is 3.94. The average molecular weight is 539 g/mol. The van der Waals surface area contributed by atoms with E-state index in [1.54, 1.807) is 12.1 Å². The molecular weight excluding hydrogens is 512 g/mol. The Bertz CT molecular complexity index is 1410. The third-order valence-corrected chi connectivity index (χ3v) is 7.16. The van der Waals surface area contributed by atoms with Crippen LogP contribution in [0.2, 0.25) is 0 Å². The van der Waals surface area contributed by atoms with Crippen molar-refractivity contribution in [3.63, 3.8) is 0 Å². The van der Waals surface area contributed by atoms with Gasteiger partial charge in [-0.1, -0.05) is 75.2 Å². The normalized spacial score (nSPS) is 11.5. The van der Waals surface area contributed by atoms with Crippen LogP contribution in [-0.2, 0) is 33.1 Å². The van der Waals surface area contributed by atoms with Crippen molar-refractivity contribution in [2.24, 2.45) is 0 Å². The number of hydrogen-bond donors (Lipinski definition) is 0.